The van der Waals surface area contributed by atoms with E-state index < -0.39 is 0 Å². The van der Waals surface area contributed by atoms with Crippen molar-refractivity contribution in [1.29, 1.82) is 0 Å². The Bertz CT molecular complexity index is 639. The molecule has 5 nitrogen and oxygen atoms in total. The van der Waals surface area contributed by atoms with E-state index in [1.54, 1.807) is 6.20 Å². The van der Waals surface area contributed by atoms with Crippen LogP contribution in [0.4, 0.5) is 5.69 Å². The van der Waals surface area contributed by atoms with Gasteiger partial charge in [0.2, 0.25) is 5.91 Å². The molecule has 1 aromatic carbocycles. The lowest BCUT2D eigenvalue weighted by molar-refractivity contribution is -0.121. The molecule has 3 N–H and O–H groups in total. The van der Waals surface area contributed by atoms with E-state index in [4.69, 9.17) is 5.73 Å². The van der Waals surface area contributed by atoms with Gasteiger partial charge in [-0.15, -0.1) is 12.4 Å². The number of hydrogen-bond donors (Lipinski definition) is 2. The lowest BCUT2D eigenvalue weighted by Gasteiger charge is -2.14. The number of aryl methyl sites for hydroxylation is 2. The quantitative estimate of drug-likeness (QED) is 0.831. The molecule has 2 rings (SSSR count). The van der Waals surface area contributed by atoms with Gasteiger partial charge >= 0.3 is 0 Å². The molecule has 120 valence electrons. The van der Waals surface area contributed by atoms with Crippen molar-refractivity contribution in [2.24, 2.45) is 7.05 Å². The Hall–Kier alpha value is -2.01. The first-order chi connectivity index (χ1) is 9.99. The number of nitrogens with zero attached hydrogens (tertiary/aromatic N) is 2. The highest BCUT2D eigenvalue weighted by atomic mass is 35.5. The van der Waals surface area contributed by atoms with Crippen LogP contribution in [-0.2, 0) is 18.3 Å². The molecule has 0 aliphatic rings. The highest BCUT2D eigenvalue weighted by Crippen LogP contribution is 2.17. The van der Waals surface area contributed by atoms with Gasteiger partial charge in [-0.3, -0.25) is 9.48 Å². The van der Waals surface area contributed by atoms with Crippen molar-refractivity contribution in [3.63, 3.8) is 0 Å². The maximum Gasteiger partial charge on any atom is 0.220 e. The summed E-state index contributed by atoms with van der Waals surface area (Å²) in [5.41, 5.74) is 9.74. The summed E-state index contributed by atoms with van der Waals surface area (Å²) in [5, 5.41) is 7.21. The van der Waals surface area contributed by atoms with Gasteiger partial charge in [0.05, 0.1) is 12.2 Å². The summed E-state index contributed by atoms with van der Waals surface area (Å²) in [5.74, 6) is 0.0222. The number of anilines is 1. The Morgan fingerprint density at radius 2 is 2.09 bits per heavy atom. The number of halogens is 1. The van der Waals surface area contributed by atoms with Crippen LogP contribution in [0.2, 0.25) is 0 Å². The normalized spacial score (nSPS) is 11.6. The summed E-state index contributed by atoms with van der Waals surface area (Å²) in [7, 11) is 1.89. The first-order valence-electron chi connectivity index (χ1n) is 7.10. The molecule has 0 fully saturated rings. The van der Waals surface area contributed by atoms with Gasteiger partial charge in [0.1, 0.15) is 0 Å². The summed E-state index contributed by atoms with van der Waals surface area (Å²) in [6.45, 7) is 3.97. The van der Waals surface area contributed by atoms with Gasteiger partial charge in [0.25, 0.3) is 0 Å². The predicted octanol–water partition coefficient (Wildman–Crippen LogP) is 2.54. The molecule has 0 saturated carbocycles. The highest BCUT2D eigenvalue weighted by molar-refractivity contribution is 5.85. The average molecular weight is 323 g/mol. The monoisotopic (exact) mass is 322 g/mol. The van der Waals surface area contributed by atoms with E-state index in [2.05, 4.69) is 10.4 Å². The minimum atomic E-state index is -0.0423. The number of amides is 1. The number of aromatic nitrogens is 2. The number of carbonyl (C=O) groups is 1. The highest BCUT2D eigenvalue weighted by Gasteiger charge is 2.14. The molecule has 0 aliphatic carbocycles. The number of nitrogens with two attached hydrogens (primary N) is 1. The van der Waals surface area contributed by atoms with Crippen LogP contribution >= 0.6 is 12.4 Å². The van der Waals surface area contributed by atoms with Crippen LogP contribution in [0.15, 0.2) is 30.5 Å². The zero-order chi connectivity index (χ0) is 15.4. The third kappa shape index (κ3) is 4.24. The van der Waals surface area contributed by atoms with Gasteiger partial charge in [-0.25, -0.2) is 0 Å². The van der Waals surface area contributed by atoms with Crippen LogP contribution < -0.4 is 11.1 Å². The summed E-state index contributed by atoms with van der Waals surface area (Å²) in [4.78, 5) is 12.1. The molecule has 0 spiro atoms. The fourth-order valence-corrected chi connectivity index (χ4v) is 2.34. The lowest BCUT2D eigenvalue weighted by Crippen LogP contribution is -2.27. The maximum atomic E-state index is 12.1. The Kier molecular flexibility index (Phi) is 6.43. The first-order valence-corrected chi connectivity index (χ1v) is 7.10. The molecule has 1 unspecified atom stereocenters. The second-order valence-corrected chi connectivity index (χ2v) is 5.30. The molecule has 1 aromatic heterocycles. The zero-order valence-corrected chi connectivity index (χ0v) is 14.0. The molecule has 0 aliphatic heterocycles. The zero-order valence-electron chi connectivity index (χ0n) is 13.2. The molecule has 0 radical (unpaired) electrons. The van der Waals surface area contributed by atoms with Crippen molar-refractivity contribution in [2.45, 2.75) is 32.7 Å². The third-order valence-corrected chi connectivity index (χ3v) is 3.79. The molecule has 1 atom stereocenters. The average Bonchev–Trinajstić information content (AvgIpc) is 2.78. The number of nitrogens with one attached hydrogen (secondary N) is 1. The first kappa shape index (κ1) is 18.0. The molecular formula is C16H23ClN4O. The van der Waals surface area contributed by atoms with E-state index in [1.165, 1.54) is 0 Å². The largest absolute Gasteiger partial charge is 0.399 e. The Morgan fingerprint density at radius 3 is 2.68 bits per heavy atom. The number of para-hydroxylation sites is 1. The van der Waals surface area contributed by atoms with Crippen molar-refractivity contribution in [3.8, 4) is 0 Å². The minimum absolute atomic E-state index is 0. The molecular weight excluding hydrogens is 300 g/mol. The van der Waals surface area contributed by atoms with Crippen LogP contribution in [-0.4, -0.2) is 15.7 Å². The second-order valence-electron chi connectivity index (χ2n) is 5.30. The van der Waals surface area contributed by atoms with E-state index in [9.17, 15) is 4.79 Å². The Morgan fingerprint density at radius 1 is 1.41 bits per heavy atom. The van der Waals surface area contributed by atoms with Crippen molar-refractivity contribution in [3.05, 3.63) is 47.3 Å². The smallest absolute Gasteiger partial charge is 0.220 e. The van der Waals surface area contributed by atoms with Crippen molar-refractivity contribution in [2.75, 3.05) is 5.73 Å². The Balaban J connectivity index is 0.00000242. The van der Waals surface area contributed by atoms with Gasteiger partial charge in [0.15, 0.2) is 0 Å². The molecule has 0 saturated heterocycles. The number of rotatable bonds is 5. The predicted molar refractivity (Wildman–Crippen MR) is 90.9 cm³/mol. The maximum absolute atomic E-state index is 12.1. The topological polar surface area (TPSA) is 72.9 Å². The van der Waals surface area contributed by atoms with Crippen molar-refractivity contribution in [1.82, 2.24) is 15.1 Å². The van der Waals surface area contributed by atoms with Gasteiger partial charge in [-0.2, -0.15) is 5.10 Å². The molecule has 2 aromatic rings. The molecule has 6 heteroatoms. The molecule has 22 heavy (non-hydrogen) atoms. The SMILES string of the molecule is Cc1c(C(C)NC(=O)CCc2ccccc2N)cnn1C.Cl. The number of hydrogen-bond acceptors (Lipinski definition) is 3. The fourth-order valence-electron chi connectivity index (χ4n) is 2.34. The fraction of sp³-hybridized carbons (Fsp3) is 0.375. The number of benzene rings is 1. The van der Waals surface area contributed by atoms with Gasteiger partial charge < -0.3 is 11.1 Å². The Labute approximate surface area is 137 Å². The lowest BCUT2D eigenvalue weighted by atomic mass is 10.1. The van der Waals surface area contributed by atoms with Crippen LogP contribution in [0.25, 0.3) is 0 Å². The minimum Gasteiger partial charge on any atom is -0.399 e. The van der Waals surface area contributed by atoms with Crippen LogP contribution in [0, 0.1) is 6.92 Å². The van der Waals surface area contributed by atoms with E-state index >= 15 is 0 Å². The van der Waals surface area contributed by atoms with Gasteiger partial charge in [-0.05, 0) is 31.9 Å². The molecule has 1 amide bonds. The van der Waals surface area contributed by atoms with E-state index in [1.807, 2.05) is 49.8 Å². The van der Waals surface area contributed by atoms with Crippen molar-refractivity contribution >= 4 is 24.0 Å². The second kappa shape index (κ2) is 7.84. The summed E-state index contributed by atoms with van der Waals surface area (Å²) in [6.07, 6.45) is 2.88. The van der Waals surface area contributed by atoms with Crippen LogP contribution in [0.3, 0.4) is 0 Å². The van der Waals surface area contributed by atoms with Crippen molar-refractivity contribution < 1.29 is 4.79 Å². The summed E-state index contributed by atoms with van der Waals surface area (Å²) < 4.78 is 1.81. The van der Waals surface area contributed by atoms with Gasteiger partial charge in [-0.1, -0.05) is 18.2 Å². The van der Waals surface area contributed by atoms with Crippen LogP contribution in [0.5, 0.6) is 0 Å². The van der Waals surface area contributed by atoms with Crippen LogP contribution in [0.1, 0.15) is 36.2 Å². The van der Waals surface area contributed by atoms with Gasteiger partial charge in [0, 0.05) is 30.4 Å². The molecule has 1 heterocycles. The summed E-state index contributed by atoms with van der Waals surface area (Å²) in [6, 6.07) is 7.60. The van der Waals surface area contributed by atoms with E-state index in [-0.39, 0.29) is 24.4 Å². The summed E-state index contributed by atoms with van der Waals surface area (Å²) >= 11 is 0. The third-order valence-electron chi connectivity index (χ3n) is 3.79. The number of carbonyl (C=O) groups excluding carboxylic acids is 1. The van der Waals surface area contributed by atoms with E-state index in [0.29, 0.717) is 12.8 Å². The van der Waals surface area contributed by atoms with E-state index in [0.717, 1.165) is 22.5 Å². The standard InChI is InChI=1S/C16H22N4O.ClH/c1-11(14-10-18-20(3)12(14)2)19-16(21)9-8-13-6-4-5-7-15(13)17;/h4-7,10-11H,8-9,17H2,1-3H3,(H,19,21);1H. The molecule has 0 bridgehead atoms. The number of nitrogen functional groups attached to an aromatic ring is 1.